The standard InChI is InChI=1S/C22H27FO3/c1-15(2)12-16-7-9-18(19-14-17(24-3)8-10-20(19)23)21(13-16)26-22-6-4-5-11-25-22/h7-10,13-15,22H,4-6,11-12H2,1-3H3. The molecule has 0 N–H and O–H groups in total. The predicted molar refractivity (Wildman–Crippen MR) is 101 cm³/mol. The van der Waals surface area contributed by atoms with E-state index < -0.39 is 0 Å². The van der Waals surface area contributed by atoms with E-state index in [1.54, 1.807) is 19.2 Å². The Bertz CT molecular complexity index is 736. The number of ether oxygens (including phenoxy) is 3. The van der Waals surface area contributed by atoms with Crippen molar-refractivity contribution in [2.24, 2.45) is 5.92 Å². The molecule has 1 fully saturated rings. The van der Waals surface area contributed by atoms with Crippen molar-refractivity contribution in [1.29, 1.82) is 0 Å². The van der Waals surface area contributed by atoms with Gasteiger partial charge in [-0.1, -0.05) is 26.0 Å². The van der Waals surface area contributed by atoms with Crippen LogP contribution in [-0.4, -0.2) is 20.0 Å². The van der Waals surface area contributed by atoms with Gasteiger partial charge in [-0.05, 0) is 55.0 Å². The maximum atomic E-state index is 14.5. The van der Waals surface area contributed by atoms with Crippen LogP contribution in [0, 0.1) is 11.7 Å². The van der Waals surface area contributed by atoms with Crippen LogP contribution in [0.1, 0.15) is 38.7 Å². The summed E-state index contributed by atoms with van der Waals surface area (Å²) in [6.45, 7) is 5.07. The Kier molecular flexibility index (Phi) is 6.15. The topological polar surface area (TPSA) is 27.7 Å². The third-order valence-corrected chi connectivity index (χ3v) is 4.55. The van der Waals surface area contributed by atoms with Gasteiger partial charge in [0.15, 0.2) is 6.29 Å². The molecule has 1 unspecified atom stereocenters. The molecule has 2 aromatic carbocycles. The first-order valence-electron chi connectivity index (χ1n) is 9.32. The number of rotatable bonds is 6. The molecule has 0 bridgehead atoms. The van der Waals surface area contributed by atoms with Gasteiger partial charge < -0.3 is 14.2 Å². The van der Waals surface area contributed by atoms with Gasteiger partial charge in [0.2, 0.25) is 0 Å². The van der Waals surface area contributed by atoms with Crippen molar-refractivity contribution in [2.45, 2.75) is 45.8 Å². The number of hydrogen-bond acceptors (Lipinski definition) is 3. The molecular formula is C22H27FO3. The van der Waals surface area contributed by atoms with Crippen LogP contribution in [0.4, 0.5) is 4.39 Å². The minimum Gasteiger partial charge on any atom is -0.497 e. The Morgan fingerprint density at radius 3 is 2.65 bits per heavy atom. The molecular weight excluding hydrogens is 331 g/mol. The Morgan fingerprint density at radius 2 is 1.96 bits per heavy atom. The van der Waals surface area contributed by atoms with Crippen molar-refractivity contribution in [3.63, 3.8) is 0 Å². The van der Waals surface area contributed by atoms with Crippen molar-refractivity contribution < 1.29 is 18.6 Å². The highest BCUT2D eigenvalue weighted by atomic mass is 19.1. The molecule has 1 saturated heterocycles. The van der Waals surface area contributed by atoms with Gasteiger partial charge in [-0.25, -0.2) is 4.39 Å². The van der Waals surface area contributed by atoms with E-state index in [9.17, 15) is 4.39 Å². The first kappa shape index (κ1) is 18.7. The highest BCUT2D eigenvalue weighted by Crippen LogP contribution is 2.36. The van der Waals surface area contributed by atoms with Crippen molar-refractivity contribution in [3.8, 4) is 22.6 Å². The summed E-state index contributed by atoms with van der Waals surface area (Å²) < 4.78 is 31.7. The van der Waals surface area contributed by atoms with Gasteiger partial charge >= 0.3 is 0 Å². The maximum absolute atomic E-state index is 14.5. The van der Waals surface area contributed by atoms with Gasteiger partial charge in [-0.3, -0.25) is 0 Å². The lowest BCUT2D eigenvalue weighted by Crippen LogP contribution is -2.25. The summed E-state index contributed by atoms with van der Waals surface area (Å²) >= 11 is 0. The van der Waals surface area contributed by atoms with Gasteiger partial charge in [0.05, 0.1) is 13.7 Å². The SMILES string of the molecule is COc1ccc(F)c(-c2ccc(CC(C)C)cc2OC2CCCCO2)c1. The predicted octanol–water partition coefficient (Wildman–Crippen LogP) is 5.61. The average Bonchev–Trinajstić information content (AvgIpc) is 2.63. The Balaban J connectivity index is 1.99. The quantitative estimate of drug-likeness (QED) is 0.672. The van der Waals surface area contributed by atoms with Crippen molar-refractivity contribution in [2.75, 3.05) is 13.7 Å². The maximum Gasteiger partial charge on any atom is 0.199 e. The Hall–Kier alpha value is -2.07. The molecule has 0 saturated carbocycles. The fraction of sp³-hybridized carbons (Fsp3) is 0.455. The van der Waals surface area contributed by atoms with Gasteiger partial charge in [-0.2, -0.15) is 0 Å². The molecule has 0 aromatic heterocycles. The molecule has 26 heavy (non-hydrogen) atoms. The Labute approximate surface area is 155 Å². The summed E-state index contributed by atoms with van der Waals surface area (Å²) in [6, 6.07) is 10.8. The van der Waals surface area contributed by atoms with Gasteiger partial charge in [-0.15, -0.1) is 0 Å². The average molecular weight is 358 g/mol. The van der Waals surface area contributed by atoms with Crippen LogP contribution < -0.4 is 9.47 Å². The van der Waals surface area contributed by atoms with Crippen LogP contribution in [0.25, 0.3) is 11.1 Å². The molecule has 0 amide bonds. The molecule has 140 valence electrons. The molecule has 0 spiro atoms. The summed E-state index contributed by atoms with van der Waals surface area (Å²) in [5.41, 5.74) is 2.38. The molecule has 2 aromatic rings. The van der Waals surface area contributed by atoms with E-state index in [4.69, 9.17) is 14.2 Å². The first-order chi connectivity index (χ1) is 12.6. The lowest BCUT2D eigenvalue weighted by atomic mass is 9.97. The third-order valence-electron chi connectivity index (χ3n) is 4.55. The molecule has 1 heterocycles. The lowest BCUT2D eigenvalue weighted by Gasteiger charge is -2.25. The molecule has 3 nitrogen and oxygen atoms in total. The zero-order valence-electron chi connectivity index (χ0n) is 15.8. The molecule has 0 radical (unpaired) electrons. The fourth-order valence-corrected chi connectivity index (χ4v) is 3.27. The lowest BCUT2D eigenvalue weighted by molar-refractivity contribution is -0.105. The zero-order valence-corrected chi connectivity index (χ0v) is 15.8. The number of benzene rings is 2. The van der Waals surface area contributed by atoms with E-state index in [1.807, 2.05) is 18.2 Å². The van der Waals surface area contributed by atoms with Gasteiger partial charge in [0.1, 0.15) is 17.3 Å². The van der Waals surface area contributed by atoms with Crippen LogP contribution in [0.15, 0.2) is 36.4 Å². The second kappa shape index (κ2) is 8.54. The number of halogens is 1. The van der Waals surface area contributed by atoms with E-state index >= 15 is 0 Å². The largest absolute Gasteiger partial charge is 0.497 e. The minimum absolute atomic E-state index is 0.273. The van der Waals surface area contributed by atoms with Crippen LogP contribution in [0.5, 0.6) is 11.5 Å². The zero-order chi connectivity index (χ0) is 18.5. The molecule has 0 aliphatic carbocycles. The number of hydrogen-bond donors (Lipinski definition) is 0. The molecule has 1 aliphatic rings. The highest BCUT2D eigenvalue weighted by Gasteiger charge is 2.19. The normalized spacial score (nSPS) is 17.3. The summed E-state index contributed by atoms with van der Waals surface area (Å²) in [6.07, 6.45) is 3.67. The van der Waals surface area contributed by atoms with E-state index in [0.29, 0.717) is 29.6 Å². The monoisotopic (exact) mass is 358 g/mol. The molecule has 3 rings (SSSR count). The van der Waals surface area contributed by atoms with Crippen LogP contribution in [-0.2, 0) is 11.2 Å². The summed E-state index contributed by atoms with van der Waals surface area (Å²) in [5.74, 6) is 1.53. The second-order valence-corrected chi connectivity index (χ2v) is 7.19. The summed E-state index contributed by atoms with van der Waals surface area (Å²) in [4.78, 5) is 0. The smallest absolute Gasteiger partial charge is 0.199 e. The van der Waals surface area contributed by atoms with E-state index in [0.717, 1.165) is 31.2 Å². The van der Waals surface area contributed by atoms with Crippen molar-refractivity contribution in [3.05, 3.63) is 47.8 Å². The Morgan fingerprint density at radius 1 is 1.12 bits per heavy atom. The van der Waals surface area contributed by atoms with Crippen molar-refractivity contribution in [1.82, 2.24) is 0 Å². The highest BCUT2D eigenvalue weighted by molar-refractivity contribution is 5.72. The summed E-state index contributed by atoms with van der Waals surface area (Å²) in [5, 5.41) is 0. The molecule has 1 atom stereocenters. The minimum atomic E-state index is -0.295. The second-order valence-electron chi connectivity index (χ2n) is 7.19. The first-order valence-corrected chi connectivity index (χ1v) is 9.32. The van der Waals surface area contributed by atoms with E-state index in [1.165, 1.54) is 11.6 Å². The van der Waals surface area contributed by atoms with E-state index in [-0.39, 0.29) is 12.1 Å². The van der Waals surface area contributed by atoms with Crippen LogP contribution >= 0.6 is 0 Å². The van der Waals surface area contributed by atoms with Gasteiger partial charge in [0.25, 0.3) is 0 Å². The van der Waals surface area contributed by atoms with Gasteiger partial charge in [0, 0.05) is 17.5 Å². The summed E-state index contributed by atoms with van der Waals surface area (Å²) in [7, 11) is 1.58. The number of methoxy groups -OCH3 is 1. The van der Waals surface area contributed by atoms with Crippen molar-refractivity contribution >= 4 is 0 Å². The van der Waals surface area contributed by atoms with Crippen LogP contribution in [0.2, 0.25) is 0 Å². The molecule has 4 heteroatoms. The fourth-order valence-electron chi connectivity index (χ4n) is 3.27. The third kappa shape index (κ3) is 4.55. The molecule has 1 aliphatic heterocycles. The van der Waals surface area contributed by atoms with Crippen LogP contribution in [0.3, 0.4) is 0 Å². The van der Waals surface area contributed by atoms with E-state index in [2.05, 4.69) is 13.8 Å².